The van der Waals surface area contributed by atoms with Gasteiger partial charge >= 0.3 is 0 Å². The van der Waals surface area contributed by atoms with Crippen LogP contribution >= 0.6 is 11.6 Å². The van der Waals surface area contributed by atoms with Gasteiger partial charge in [-0.2, -0.15) is 0 Å². The van der Waals surface area contributed by atoms with E-state index in [2.05, 4.69) is 12.2 Å². The topological polar surface area (TPSA) is 50.7 Å². The van der Waals surface area contributed by atoms with Gasteiger partial charge in [-0.25, -0.2) is 0 Å². The fourth-order valence-corrected chi connectivity index (χ4v) is 1.84. The van der Waals surface area contributed by atoms with Crippen LogP contribution in [0.5, 0.6) is 5.75 Å². The Balaban J connectivity index is 2.18. The molecule has 0 spiro atoms. The lowest BCUT2D eigenvalue weighted by atomic mass is 10.2. The molecule has 2 unspecified atom stereocenters. The molecule has 0 aliphatic heterocycles. The maximum atomic E-state index is 9.78. The van der Waals surface area contributed by atoms with Gasteiger partial charge in [0, 0.05) is 20.3 Å². The van der Waals surface area contributed by atoms with Crippen molar-refractivity contribution in [2.75, 3.05) is 33.4 Å². The Morgan fingerprint density at radius 3 is 2.68 bits per heavy atom. The van der Waals surface area contributed by atoms with E-state index in [1.165, 1.54) is 0 Å². The fourth-order valence-electron chi connectivity index (χ4n) is 1.65. The summed E-state index contributed by atoms with van der Waals surface area (Å²) in [5.41, 5.74) is 0. The van der Waals surface area contributed by atoms with E-state index in [1.807, 2.05) is 12.1 Å². The van der Waals surface area contributed by atoms with Crippen LogP contribution in [0.25, 0.3) is 0 Å². The van der Waals surface area contributed by atoms with Crippen molar-refractivity contribution < 1.29 is 14.6 Å². The van der Waals surface area contributed by atoms with Crippen LogP contribution in [0.2, 0.25) is 5.02 Å². The Labute approximate surface area is 119 Å². The number of halogens is 1. The van der Waals surface area contributed by atoms with Crippen molar-refractivity contribution in [1.82, 2.24) is 5.32 Å². The first-order valence-corrected chi connectivity index (χ1v) is 6.76. The van der Waals surface area contributed by atoms with E-state index in [0.717, 1.165) is 6.54 Å². The van der Waals surface area contributed by atoms with E-state index >= 15 is 0 Å². The summed E-state index contributed by atoms with van der Waals surface area (Å²) in [6.45, 7) is 4.30. The molecule has 1 aromatic rings. The number of rotatable bonds is 9. The molecule has 5 heteroatoms. The van der Waals surface area contributed by atoms with Crippen LogP contribution in [0.1, 0.15) is 6.92 Å². The Kier molecular flexibility index (Phi) is 7.82. The number of ether oxygens (including phenoxy) is 2. The van der Waals surface area contributed by atoms with E-state index in [1.54, 1.807) is 19.2 Å². The second-order valence-electron chi connectivity index (χ2n) is 4.61. The van der Waals surface area contributed by atoms with Gasteiger partial charge in [0.2, 0.25) is 0 Å². The number of para-hydroxylation sites is 1. The van der Waals surface area contributed by atoms with Crippen molar-refractivity contribution in [1.29, 1.82) is 0 Å². The molecule has 0 saturated carbocycles. The van der Waals surface area contributed by atoms with Crippen molar-refractivity contribution in [3.63, 3.8) is 0 Å². The molecule has 1 rings (SSSR count). The van der Waals surface area contributed by atoms with Gasteiger partial charge < -0.3 is 19.9 Å². The van der Waals surface area contributed by atoms with Crippen molar-refractivity contribution >= 4 is 11.6 Å². The summed E-state index contributed by atoms with van der Waals surface area (Å²) in [6, 6.07) is 7.22. The van der Waals surface area contributed by atoms with Crippen LogP contribution in [0.3, 0.4) is 0 Å². The van der Waals surface area contributed by atoms with Gasteiger partial charge in [0.15, 0.2) is 0 Å². The van der Waals surface area contributed by atoms with Crippen molar-refractivity contribution in [2.24, 2.45) is 5.92 Å². The average Bonchev–Trinajstić information content (AvgIpc) is 2.38. The van der Waals surface area contributed by atoms with Crippen LogP contribution in [0.4, 0.5) is 0 Å². The molecule has 0 aliphatic rings. The molecule has 2 N–H and O–H groups in total. The molecule has 0 saturated heterocycles. The zero-order valence-electron chi connectivity index (χ0n) is 11.4. The number of hydrogen-bond donors (Lipinski definition) is 2. The zero-order valence-corrected chi connectivity index (χ0v) is 12.2. The molecule has 0 amide bonds. The third-order valence-corrected chi connectivity index (χ3v) is 2.90. The van der Waals surface area contributed by atoms with Gasteiger partial charge in [0.05, 0.1) is 5.02 Å². The van der Waals surface area contributed by atoms with Gasteiger partial charge in [-0.15, -0.1) is 0 Å². The molecule has 0 radical (unpaired) electrons. The molecule has 0 aromatic heterocycles. The summed E-state index contributed by atoms with van der Waals surface area (Å²) >= 11 is 5.95. The van der Waals surface area contributed by atoms with Gasteiger partial charge in [-0.3, -0.25) is 0 Å². The molecule has 0 fully saturated rings. The molecule has 0 aliphatic carbocycles. The molecular weight excluding hydrogens is 266 g/mol. The van der Waals surface area contributed by atoms with Gasteiger partial charge in [-0.05, 0) is 24.6 Å². The highest BCUT2D eigenvalue weighted by atomic mass is 35.5. The maximum Gasteiger partial charge on any atom is 0.138 e. The highest BCUT2D eigenvalue weighted by Crippen LogP contribution is 2.22. The number of aliphatic hydroxyl groups is 1. The SMILES string of the molecule is COCC(C)CNCC(O)COc1ccccc1Cl. The molecule has 19 heavy (non-hydrogen) atoms. The van der Waals surface area contributed by atoms with Crippen LogP contribution < -0.4 is 10.1 Å². The Morgan fingerprint density at radius 1 is 1.26 bits per heavy atom. The monoisotopic (exact) mass is 287 g/mol. The minimum absolute atomic E-state index is 0.218. The van der Waals surface area contributed by atoms with E-state index in [4.69, 9.17) is 21.1 Å². The van der Waals surface area contributed by atoms with Crippen molar-refractivity contribution in [2.45, 2.75) is 13.0 Å². The lowest BCUT2D eigenvalue weighted by molar-refractivity contribution is 0.102. The van der Waals surface area contributed by atoms with E-state index in [9.17, 15) is 5.11 Å². The smallest absolute Gasteiger partial charge is 0.138 e. The maximum absolute atomic E-state index is 9.78. The highest BCUT2D eigenvalue weighted by molar-refractivity contribution is 6.32. The van der Waals surface area contributed by atoms with Gasteiger partial charge in [0.25, 0.3) is 0 Å². The third-order valence-electron chi connectivity index (χ3n) is 2.59. The molecular formula is C14H22ClNO3. The van der Waals surface area contributed by atoms with Crippen LogP contribution in [-0.4, -0.2) is 44.6 Å². The lowest BCUT2D eigenvalue weighted by Crippen LogP contribution is -2.34. The van der Waals surface area contributed by atoms with Crippen LogP contribution in [0, 0.1) is 5.92 Å². The number of hydrogen-bond acceptors (Lipinski definition) is 4. The first kappa shape index (κ1) is 16.2. The van der Waals surface area contributed by atoms with E-state index < -0.39 is 6.10 Å². The number of benzene rings is 1. The molecule has 0 bridgehead atoms. The predicted molar refractivity (Wildman–Crippen MR) is 76.9 cm³/mol. The van der Waals surface area contributed by atoms with Crippen LogP contribution in [-0.2, 0) is 4.74 Å². The second kappa shape index (κ2) is 9.15. The molecule has 1 aromatic carbocycles. The Morgan fingerprint density at radius 2 is 2.00 bits per heavy atom. The molecule has 4 nitrogen and oxygen atoms in total. The summed E-state index contributed by atoms with van der Waals surface area (Å²) in [5.74, 6) is 1.01. The molecule has 2 atom stereocenters. The summed E-state index contributed by atoms with van der Waals surface area (Å²) in [4.78, 5) is 0. The summed E-state index contributed by atoms with van der Waals surface area (Å²) in [5, 5.41) is 13.5. The van der Waals surface area contributed by atoms with Gasteiger partial charge in [-0.1, -0.05) is 30.7 Å². The predicted octanol–water partition coefficient (Wildman–Crippen LogP) is 1.95. The molecule has 0 heterocycles. The Hall–Kier alpha value is -0.810. The normalized spacial score (nSPS) is 14.1. The van der Waals surface area contributed by atoms with E-state index in [0.29, 0.717) is 29.8 Å². The number of aliphatic hydroxyl groups excluding tert-OH is 1. The van der Waals surface area contributed by atoms with Gasteiger partial charge in [0.1, 0.15) is 18.5 Å². The van der Waals surface area contributed by atoms with Crippen LogP contribution in [0.15, 0.2) is 24.3 Å². The zero-order chi connectivity index (χ0) is 14.1. The van der Waals surface area contributed by atoms with E-state index in [-0.39, 0.29) is 6.61 Å². The fraction of sp³-hybridized carbons (Fsp3) is 0.571. The summed E-state index contributed by atoms with van der Waals surface area (Å²) in [6.07, 6.45) is -0.564. The second-order valence-corrected chi connectivity index (χ2v) is 5.02. The van der Waals surface area contributed by atoms with Crippen molar-refractivity contribution in [3.05, 3.63) is 29.3 Å². The largest absolute Gasteiger partial charge is 0.489 e. The quantitative estimate of drug-likeness (QED) is 0.729. The minimum atomic E-state index is -0.564. The first-order chi connectivity index (χ1) is 9.13. The third kappa shape index (κ3) is 6.78. The highest BCUT2D eigenvalue weighted by Gasteiger charge is 2.08. The standard InChI is InChI=1S/C14H22ClNO3/c1-11(9-18-2)7-16-8-12(17)10-19-14-6-4-3-5-13(14)15/h3-6,11-12,16-17H,7-10H2,1-2H3. The average molecular weight is 288 g/mol. The van der Waals surface area contributed by atoms with Crippen molar-refractivity contribution in [3.8, 4) is 5.75 Å². The number of methoxy groups -OCH3 is 1. The summed E-state index contributed by atoms with van der Waals surface area (Å²) < 4.78 is 10.5. The molecule has 108 valence electrons. The first-order valence-electron chi connectivity index (χ1n) is 6.38. The minimum Gasteiger partial charge on any atom is -0.489 e. The lowest BCUT2D eigenvalue weighted by Gasteiger charge is -2.16. The Bertz CT molecular complexity index is 362. The number of nitrogens with one attached hydrogen (secondary N) is 1. The summed E-state index contributed by atoms with van der Waals surface area (Å²) in [7, 11) is 1.68.